The summed E-state index contributed by atoms with van der Waals surface area (Å²) < 4.78 is 11.2. The van der Waals surface area contributed by atoms with E-state index in [0.717, 1.165) is 38.2 Å². The van der Waals surface area contributed by atoms with E-state index in [1.165, 1.54) is 0 Å². The maximum atomic E-state index is 13.0. The summed E-state index contributed by atoms with van der Waals surface area (Å²) in [4.78, 5) is 29.5. The van der Waals surface area contributed by atoms with Crippen LogP contribution in [0.15, 0.2) is 18.2 Å². The number of nitrogens with zero attached hydrogens (tertiary/aromatic N) is 2. The Morgan fingerprint density at radius 1 is 1.18 bits per heavy atom. The lowest BCUT2D eigenvalue weighted by Gasteiger charge is -2.34. The van der Waals surface area contributed by atoms with Crippen LogP contribution in [-0.4, -0.2) is 63.2 Å². The highest BCUT2D eigenvalue weighted by Crippen LogP contribution is 2.36. The lowest BCUT2D eigenvalue weighted by molar-refractivity contribution is -0.141. The third-order valence-corrected chi connectivity index (χ3v) is 5.66. The Balaban J connectivity index is 0.00000225. The van der Waals surface area contributed by atoms with Crippen molar-refractivity contribution in [3.8, 4) is 11.5 Å². The smallest absolute Gasteiger partial charge is 0.239 e. The van der Waals surface area contributed by atoms with Gasteiger partial charge in [0.2, 0.25) is 11.8 Å². The fraction of sp³-hybridized carbons (Fsp3) is 0.600. The van der Waals surface area contributed by atoms with Crippen molar-refractivity contribution >= 4 is 29.9 Å². The van der Waals surface area contributed by atoms with Gasteiger partial charge in [0.15, 0.2) is 11.5 Å². The molecule has 1 aromatic rings. The zero-order chi connectivity index (χ0) is 18.8. The quantitative estimate of drug-likeness (QED) is 0.766. The second kappa shape index (κ2) is 9.01. The second-order valence-electron chi connectivity index (χ2n) is 7.51. The summed E-state index contributed by atoms with van der Waals surface area (Å²) in [7, 11) is 1.94. The average Bonchev–Trinajstić information content (AvgIpc) is 3.09. The molecule has 3 aliphatic rings. The summed E-state index contributed by atoms with van der Waals surface area (Å²) in [6.45, 7) is 4.01. The molecule has 3 aliphatic heterocycles. The van der Waals surface area contributed by atoms with E-state index in [4.69, 9.17) is 9.47 Å². The molecule has 2 amide bonds. The highest BCUT2D eigenvalue weighted by molar-refractivity contribution is 6.09. The first-order valence-electron chi connectivity index (χ1n) is 9.82. The monoisotopic (exact) mass is 409 g/mol. The molecule has 0 radical (unpaired) electrons. The molecule has 2 unspecified atom stereocenters. The molecule has 2 fully saturated rings. The molecule has 3 heterocycles. The normalized spacial score (nSPS) is 24.1. The van der Waals surface area contributed by atoms with Crippen LogP contribution in [0.25, 0.3) is 0 Å². The minimum absolute atomic E-state index is 0. The molecule has 28 heavy (non-hydrogen) atoms. The molecule has 7 nitrogen and oxygen atoms in total. The van der Waals surface area contributed by atoms with Crippen LogP contribution in [0.1, 0.15) is 19.3 Å². The number of benzene rings is 1. The molecule has 154 valence electrons. The number of carbonyl (C=O) groups is 2. The van der Waals surface area contributed by atoms with E-state index in [1.807, 2.05) is 30.1 Å². The standard InChI is InChI=1S/C20H27N3O4.ClH/c1-21-12-14-3-2-7-22(13-14)19(24)16-6-8-23(20(16)25)15-4-5-17-18(11-15)27-10-9-26-17;/h4-5,11,14,16,21H,2-3,6-10,12-13H2,1H3;1H. The van der Waals surface area contributed by atoms with Gasteiger partial charge in [-0.3, -0.25) is 9.59 Å². The van der Waals surface area contributed by atoms with Gasteiger partial charge in [0.1, 0.15) is 19.1 Å². The molecular weight excluding hydrogens is 382 g/mol. The van der Waals surface area contributed by atoms with Gasteiger partial charge in [-0.05, 0) is 50.9 Å². The van der Waals surface area contributed by atoms with E-state index in [0.29, 0.717) is 43.6 Å². The lowest BCUT2D eigenvalue weighted by Crippen LogP contribution is -2.46. The predicted molar refractivity (Wildman–Crippen MR) is 108 cm³/mol. The Kier molecular flexibility index (Phi) is 6.67. The summed E-state index contributed by atoms with van der Waals surface area (Å²) >= 11 is 0. The zero-order valence-electron chi connectivity index (χ0n) is 16.2. The molecule has 2 atom stereocenters. The summed E-state index contributed by atoms with van der Waals surface area (Å²) in [5.74, 6) is 1.15. The molecule has 0 aromatic heterocycles. The molecule has 0 spiro atoms. The Hall–Kier alpha value is -1.99. The Morgan fingerprint density at radius 3 is 2.75 bits per heavy atom. The second-order valence-corrected chi connectivity index (χ2v) is 7.51. The van der Waals surface area contributed by atoms with Crippen LogP contribution in [0, 0.1) is 11.8 Å². The van der Waals surface area contributed by atoms with E-state index < -0.39 is 5.92 Å². The van der Waals surface area contributed by atoms with Gasteiger partial charge in [0.05, 0.1) is 0 Å². The first-order valence-corrected chi connectivity index (χ1v) is 9.82. The number of halogens is 1. The highest BCUT2D eigenvalue weighted by Gasteiger charge is 2.40. The predicted octanol–water partition coefficient (Wildman–Crippen LogP) is 1.69. The van der Waals surface area contributed by atoms with Gasteiger partial charge in [-0.25, -0.2) is 0 Å². The molecule has 4 rings (SSSR count). The van der Waals surface area contributed by atoms with Crippen molar-refractivity contribution in [1.82, 2.24) is 10.2 Å². The Morgan fingerprint density at radius 2 is 1.96 bits per heavy atom. The topological polar surface area (TPSA) is 71.1 Å². The Labute approximate surface area is 171 Å². The van der Waals surface area contributed by atoms with E-state index in [-0.39, 0.29) is 24.2 Å². The first-order chi connectivity index (χ1) is 13.2. The van der Waals surface area contributed by atoms with Gasteiger partial charge in [-0.2, -0.15) is 0 Å². The number of piperidine rings is 1. The summed E-state index contributed by atoms with van der Waals surface area (Å²) in [5.41, 5.74) is 0.770. The number of amides is 2. The van der Waals surface area contributed by atoms with Crippen LogP contribution < -0.4 is 19.7 Å². The van der Waals surface area contributed by atoms with Crippen LogP contribution in [0.2, 0.25) is 0 Å². The summed E-state index contributed by atoms with van der Waals surface area (Å²) in [5, 5.41) is 3.19. The maximum Gasteiger partial charge on any atom is 0.239 e. The zero-order valence-corrected chi connectivity index (χ0v) is 17.0. The fourth-order valence-corrected chi connectivity index (χ4v) is 4.31. The number of hydrogen-bond donors (Lipinski definition) is 1. The molecule has 1 N–H and O–H groups in total. The van der Waals surface area contributed by atoms with Gasteiger partial charge in [0.25, 0.3) is 0 Å². The van der Waals surface area contributed by atoms with E-state index in [9.17, 15) is 9.59 Å². The highest BCUT2D eigenvalue weighted by atomic mass is 35.5. The van der Waals surface area contributed by atoms with Crippen molar-refractivity contribution in [3.63, 3.8) is 0 Å². The van der Waals surface area contributed by atoms with Crippen molar-refractivity contribution < 1.29 is 19.1 Å². The molecule has 2 saturated heterocycles. The molecular formula is C20H28ClN3O4. The summed E-state index contributed by atoms with van der Waals surface area (Å²) in [6, 6.07) is 5.53. The molecule has 1 aromatic carbocycles. The number of ether oxygens (including phenoxy) is 2. The minimum atomic E-state index is -0.563. The Bertz CT molecular complexity index is 727. The first kappa shape index (κ1) is 20.7. The van der Waals surface area contributed by atoms with Gasteiger partial charge in [-0.1, -0.05) is 0 Å². The van der Waals surface area contributed by atoms with E-state index >= 15 is 0 Å². The number of fused-ring (bicyclic) bond motifs is 1. The van der Waals surface area contributed by atoms with Crippen molar-refractivity contribution in [2.24, 2.45) is 11.8 Å². The van der Waals surface area contributed by atoms with Crippen LogP contribution in [0.4, 0.5) is 5.69 Å². The van der Waals surface area contributed by atoms with E-state index in [2.05, 4.69) is 5.32 Å². The van der Waals surface area contributed by atoms with Gasteiger partial charge >= 0.3 is 0 Å². The number of nitrogens with one attached hydrogen (secondary N) is 1. The number of carbonyl (C=O) groups excluding carboxylic acids is 2. The molecule has 0 aliphatic carbocycles. The number of likely N-dealkylation sites (tertiary alicyclic amines) is 1. The van der Waals surface area contributed by atoms with E-state index in [1.54, 1.807) is 4.90 Å². The maximum absolute atomic E-state index is 13.0. The van der Waals surface area contributed by atoms with Crippen LogP contribution in [-0.2, 0) is 9.59 Å². The number of hydrogen-bond acceptors (Lipinski definition) is 5. The fourth-order valence-electron chi connectivity index (χ4n) is 4.31. The molecule has 0 bridgehead atoms. The summed E-state index contributed by atoms with van der Waals surface area (Å²) in [6.07, 6.45) is 2.71. The van der Waals surface area contributed by atoms with Crippen LogP contribution in [0.5, 0.6) is 11.5 Å². The van der Waals surface area contributed by atoms with Gasteiger partial charge in [-0.15, -0.1) is 12.4 Å². The molecule has 0 saturated carbocycles. The average molecular weight is 410 g/mol. The van der Waals surface area contributed by atoms with Crippen molar-refractivity contribution in [1.29, 1.82) is 0 Å². The number of anilines is 1. The minimum Gasteiger partial charge on any atom is -0.486 e. The van der Waals surface area contributed by atoms with Crippen LogP contribution in [0.3, 0.4) is 0 Å². The lowest BCUT2D eigenvalue weighted by atomic mass is 9.96. The third kappa shape index (κ3) is 4.05. The number of rotatable bonds is 4. The largest absolute Gasteiger partial charge is 0.486 e. The van der Waals surface area contributed by atoms with Crippen molar-refractivity contribution in [3.05, 3.63) is 18.2 Å². The van der Waals surface area contributed by atoms with Crippen molar-refractivity contribution in [2.75, 3.05) is 51.3 Å². The van der Waals surface area contributed by atoms with Gasteiger partial charge in [0, 0.05) is 31.4 Å². The third-order valence-electron chi connectivity index (χ3n) is 5.66. The van der Waals surface area contributed by atoms with Crippen molar-refractivity contribution in [2.45, 2.75) is 19.3 Å². The van der Waals surface area contributed by atoms with Gasteiger partial charge < -0.3 is 24.6 Å². The van der Waals surface area contributed by atoms with Crippen LogP contribution >= 0.6 is 12.4 Å². The molecule has 8 heteroatoms. The SMILES string of the molecule is CNCC1CCCN(C(=O)C2CCN(c3ccc4c(c3)OCCO4)C2=O)C1.Cl.